The first kappa shape index (κ1) is 17.2. The van der Waals surface area contributed by atoms with E-state index in [9.17, 15) is 4.79 Å². The molecule has 0 bridgehead atoms. The normalized spacial score (nSPS) is 18.5. The Morgan fingerprint density at radius 3 is 2.77 bits per heavy atom. The molecule has 138 valence electrons. The van der Waals surface area contributed by atoms with E-state index >= 15 is 0 Å². The molecule has 1 fully saturated rings. The summed E-state index contributed by atoms with van der Waals surface area (Å²) in [5.74, 6) is -0.0569. The smallest absolute Gasteiger partial charge is 0.272 e. The van der Waals surface area contributed by atoms with Gasteiger partial charge in [-0.15, -0.1) is 0 Å². The summed E-state index contributed by atoms with van der Waals surface area (Å²) in [6.07, 6.45) is 3.00. The van der Waals surface area contributed by atoms with Crippen LogP contribution in [-0.2, 0) is 17.6 Å². The summed E-state index contributed by atoms with van der Waals surface area (Å²) < 4.78 is 7.33. The zero-order valence-electron chi connectivity index (χ0n) is 15.3. The highest BCUT2D eigenvalue weighted by Crippen LogP contribution is 2.27. The second-order valence-electron chi connectivity index (χ2n) is 7.16. The van der Waals surface area contributed by atoms with Crippen LogP contribution in [0.5, 0.6) is 0 Å². The second-order valence-corrected chi connectivity index (χ2v) is 7.16. The van der Waals surface area contributed by atoms with Crippen molar-refractivity contribution in [3.8, 4) is 5.69 Å². The highest BCUT2D eigenvalue weighted by molar-refractivity contribution is 5.94. The molecule has 4 rings (SSSR count). The van der Waals surface area contributed by atoms with Gasteiger partial charge in [0.1, 0.15) is 0 Å². The zero-order chi connectivity index (χ0) is 17.9. The minimum atomic E-state index is -0.0569. The number of ether oxygens (including phenoxy) is 1. The lowest BCUT2D eigenvalue weighted by molar-refractivity contribution is 0.0342. The minimum Gasteiger partial charge on any atom is -0.379 e. The average Bonchev–Trinajstić information content (AvgIpc) is 3.25. The molecule has 1 N–H and O–H groups in total. The molecular weight excluding hydrogens is 328 g/mol. The predicted octanol–water partition coefficient (Wildman–Crippen LogP) is 1.81. The molecule has 1 unspecified atom stereocenters. The van der Waals surface area contributed by atoms with Crippen molar-refractivity contribution < 1.29 is 9.53 Å². The number of aromatic nitrogens is 2. The fourth-order valence-corrected chi connectivity index (χ4v) is 3.91. The molecule has 6 heteroatoms. The summed E-state index contributed by atoms with van der Waals surface area (Å²) in [5.41, 5.74) is 3.91. The number of hydrogen-bond acceptors (Lipinski definition) is 4. The van der Waals surface area contributed by atoms with Crippen LogP contribution in [0.2, 0.25) is 0 Å². The van der Waals surface area contributed by atoms with Crippen molar-refractivity contribution in [2.24, 2.45) is 0 Å². The number of carbonyl (C=O) groups excluding carboxylic acids is 1. The van der Waals surface area contributed by atoms with E-state index in [2.05, 4.69) is 22.2 Å². The Kier molecular flexibility index (Phi) is 5.04. The number of benzene rings is 1. The summed E-state index contributed by atoms with van der Waals surface area (Å²) in [6, 6.07) is 10.2. The lowest BCUT2D eigenvalue weighted by Gasteiger charge is -2.29. The SMILES string of the molecule is CC(CN1CCOCC1)NC(=O)c1nn(-c2ccccc2)c2c1CCC2. The Morgan fingerprint density at radius 2 is 2.00 bits per heavy atom. The predicted molar refractivity (Wildman–Crippen MR) is 99.8 cm³/mol. The Morgan fingerprint density at radius 1 is 1.23 bits per heavy atom. The van der Waals surface area contributed by atoms with Gasteiger partial charge in [0.2, 0.25) is 0 Å². The van der Waals surface area contributed by atoms with Gasteiger partial charge in [-0.3, -0.25) is 9.69 Å². The first-order valence-corrected chi connectivity index (χ1v) is 9.49. The van der Waals surface area contributed by atoms with Crippen LogP contribution in [0, 0.1) is 0 Å². The zero-order valence-corrected chi connectivity index (χ0v) is 15.3. The third-order valence-corrected chi connectivity index (χ3v) is 5.16. The van der Waals surface area contributed by atoms with E-state index in [-0.39, 0.29) is 11.9 Å². The standard InChI is InChI=1S/C20H26N4O2/c1-15(14-23-10-12-26-13-11-23)21-20(25)19-17-8-5-9-18(17)24(22-19)16-6-3-2-4-7-16/h2-4,6-7,15H,5,8-14H2,1H3,(H,21,25). The van der Waals surface area contributed by atoms with Crippen LogP contribution < -0.4 is 5.32 Å². The molecule has 2 aliphatic rings. The molecule has 1 aromatic carbocycles. The molecular formula is C20H26N4O2. The number of hydrogen-bond donors (Lipinski definition) is 1. The van der Waals surface area contributed by atoms with E-state index < -0.39 is 0 Å². The number of fused-ring (bicyclic) bond motifs is 1. The molecule has 1 saturated heterocycles. The average molecular weight is 354 g/mol. The van der Waals surface area contributed by atoms with Crippen LogP contribution in [-0.4, -0.2) is 59.5 Å². The topological polar surface area (TPSA) is 59.4 Å². The molecule has 1 atom stereocenters. The van der Waals surface area contributed by atoms with Gasteiger partial charge in [0.15, 0.2) is 5.69 Å². The lowest BCUT2D eigenvalue weighted by atomic mass is 10.2. The van der Waals surface area contributed by atoms with Crippen molar-refractivity contribution in [3.63, 3.8) is 0 Å². The molecule has 0 radical (unpaired) electrons. The quantitative estimate of drug-likeness (QED) is 0.890. The number of para-hydroxylation sites is 1. The largest absolute Gasteiger partial charge is 0.379 e. The third-order valence-electron chi connectivity index (χ3n) is 5.16. The number of nitrogens with zero attached hydrogens (tertiary/aromatic N) is 3. The van der Waals surface area contributed by atoms with E-state index in [4.69, 9.17) is 4.74 Å². The summed E-state index contributed by atoms with van der Waals surface area (Å²) in [6.45, 7) is 6.31. The molecule has 1 aliphatic carbocycles. The molecule has 26 heavy (non-hydrogen) atoms. The Balaban J connectivity index is 1.49. The summed E-state index contributed by atoms with van der Waals surface area (Å²) in [4.78, 5) is 15.2. The van der Waals surface area contributed by atoms with E-state index in [0.717, 1.165) is 63.4 Å². The summed E-state index contributed by atoms with van der Waals surface area (Å²) >= 11 is 0. The number of amides is 1. The van der Waals surface area contributed by atoms with E-state index in [1.807, 2.05) is 35.0 Å². The van der Waals surface area contributed by atoms with Crippen LogP contribution in [0.25, 0.3) is 5.69 Å². The van der Waals surface area contributed by atoms with Crippen molar-refractivity contribution in [2.45, 2.75) is 32.2 Å². The molecule has 1 amide bonds. The van der Waals surface area contributed by atoms with Gasteiger partial charge in [-0.05, 0) is 38.3 Å². The molecule has 2 aromatic rings. The Hall–Kier alpha value is -2.18. The number of rotatable bonds is 5. The van der Waals surface area contributed by atoms with Gasteiger partial charge in [0, 0.05) is 36.9 Å². The molecule has 1 aromatic heterocycles. The Bertz CT molecular complexity index is 766. The van der Waals surface area contributed by atoms with Crippen molar-refractivity contribution >= 4 is 5.91 Å². The highest BCUT2D eigenvalue weighted by Gasteiger charge is 2.27. The van der Waals surface area contributed by atoms with E-state index in [1.165, 1.54) is 5.69 Å². The van der Waals surface area contributed by atoms with Crippen molar-refractivity contribution in [1.29, 1.82) is 0 Å². The van der Waals surface area contributed by atoms with Crippen LogP contribution in [0.4, 0.5) is 0 Å². The maximum atomic E-state index is 12.9. The summed E-state index contributed by atoms with van der Waals surface area (Å²) in [5, 5.41) is 7.81. The summed E-state index contributed by atoms with van der Waals surface area (Å²) in [7, 11) is 0. The van der Waals surface area contributed by atoms with Gasteiger partial charge in [-0.2, -0.15) is 5.10 Å². The van der Waals surface area contributed by atoms with Crippen molar-refractivity contribution in [3.05, 3.63) is 47.3 Å². The lowest BCUT2D eigenvalue weighted by Crippen LogP contribution is -2.46. The first-order valence-electron chi connectivity index (χ1n) is 9.49. The Labute approximate surface area is 154 Å². The molecule has 6 nitrogen and oxygen atoms in total. The molecule has 0 saturated carbocycles. The molecule has 0 spiro atoms. The number of nitrogens with one attached hydrogen (secondary N) is 1. The van der Waals surface area contributed by atoms with Crippen LogP contribution in [0.1, 0.15) is 35.1 Å². The van der Waals surface area contributed by atoms with Gasteiger partial charge < -0.3 is 10.1 Å². The maximum absolute atomic E-state index is 12.9. The first-order chi connectivity index (χ1) is 12.7. The fraction of sp³-hybridized carbons (Fsp3) is 0.500. The van der Waals surface area contributed by atoms with Gasteiger partial charge in [-0.1, -0.05) is 18.2 Å². The van der Waals surface area contributed by atoms with Crippen LogP contribution in [0.15, 0.2) is 30.3 Å². The molecule has 1 aliphatic heterocycles. The second kappa shape index (κ2) is 7.60. The van der Waals surface area contributed by atoms with Crippen LogP contribution >= 0.6 is 0 Å². The fourth-order valence-electron chi connectivity index (χ4n) is 3.91. The van der Waals surface area contributed by atoms with Crippen molar-refractivity contribution in [1.82, 2.24) is 20.0 Å². The van der Waals surface area contributed by atoms with Gasteiger partial charge >= 0.3 is 0 Å². The number of morpholine rings is 1. The van der Waals surface area contributed by atoms with Gasteiger partial charge in [-0.25, -0.2) is 4.68 Å². The highest BCUT2D eigenvalue weighted by atomic mass is 16.5. The van der Waals surface area contributed by atoms with E-state index in [1.54, 1.807) is 0 Å². The van der Waals surface area contributed by atoms with Gasteiger partial charge in [0.25, 0.3) is 5.91 Å². The third kappa shape index (κ3) is 3.52. The van der Waals surface area contributed by atoms with E-state index in [0.29, 0.717) is 5.69 Å². The molecule has 2 heterocycles. The maximum Gasteiger partial charge on any atom is 0.272 e. The number of carbonyl (C=O) groups is 1. The minimum absolute atomic E-state index is 0.0569. The van der Waals surface area contributed by atoms with Crippen molar-refractivity contribution in [2.75, 3.05) is 32.8 Å². The van der Waals surface area contributed by atoms with Gasteiger partial charge in [0.05, 0.1) is 18.9 Å². The van der Waals surface area contributed by atoms with Crippen LogP contribution in [0.3, 0.4) is 0 Å². The monoisotopic (exact) mass is 354 g/mol.